The number of aryl methyl sites for hydroxylation is 1. The van der Waals surface area contributed by atoms with E-state index < -0.39 is 12.1 Å². The lowest BCUT2D eigenvalue weighted by atomic mass is 9.95. The summed E-state index contributed by atoms with van der Waals surface area (Å²) in [5.74, 6) is 1.64. The third-order valence-electron chi connectivity index (χ3n) is 8.01. The van der Waals surface area contributed by atoms with Gasteiger partial charge in [-0.2, -0.15) is 4.98 Å². The Morgan fingerprint density at radius 2 is 1.80 bits per heavy atom. The molecule has 4 N–H and O–H groups in total. The van der Waals surface area contributed by atoms with Gasteiger partial charge in [-0.05, 0) is 53.6 Å². The number of benzene rings is 1. The number of aromatic amines is 1. The van der Waals surface area contributed by atoms with E-state index in [1.165, 1.54) is 20.1 Å². The normalized spacial score (nSPS) is 15.2. The highest BCUT2D eigenvalue weighted by molar-refractivity contribution is 5.95. The summed E-state index contributed by atoms with van der Waals surface area (Å²) < 4.78 is 17.1. The summed E-state index contributed by atoms with van der Waals surface area (Å²) in [4.78, 5) is 43.9. The molecule has 3 atom stereocenters. The van der Waals surface area contributed by atoms with E-state index in [1.807, 2.05) is 39.8 Å². The quantitative estimate of drug-likeness (QED) is 0.245. The number of amides is 2. The van der Waals surface area contributed by atoms with E-state index in [2.05, 4.69) is 31.1 Å². The number of carbonyl (C=O) groups excluding carboxylic acids is 2. The average molecular weight is 607 g/mol. The lowest BCUT2D eigenvalue weighted by Gasteiger charge is -2.23. The summed E-state index contributed by atoms with van der Waals surface area (Å²) in [5.41, 5.74) is 2.91. The molecule has 44 heavy (non-hydrogen) atoms. The van der Waals surface area contributed by atoms with E-state index in [-0.39, 0.29) is 40.7 Å². The van der Waals surface area contributed by atoms with Crippen LogP contribution in [0.3, 0.4) is 0 Å². The number of carbonyl (C=O) groups is 2. The van der Waals surface area contributed by atoms with Crippen molar-refractivity contribution in [2.45, 2.75) is 71.9 Å². The Morgan fingerprint density at radius 3 is 2.39 bits per heavy atom. The Balaban J connectivity index is 1.84. The maximum Gasteiger partial charge on any atom is 0.249 e. The van der Waals surface area contributed by atoms with E-state index in [0.717, 1.165) is 11.1 Å². The fraction of sp³-hybridized carbons (Fsp3) is 0.469. The van der Waals surface area contributed by atoms with Gasteiger partial charge in [-0.1, -0.05) is 40.2 Å². The molecule has 4 rings (SSSR count). The lowest BCUT2D eigenvalue weighted by molar-refractivity contribution is -0.120. The van der Waals surface area contributed by atoms with Crippen LogP contribution in [0.5, 0.6) is 17.2 Å². The summed E-state index contributed by atoms with van der Waals surface area (Å²) in [7, 11) is 4.65. The molecule has 2 aromatic carbocycles. The highest BCUT2D eigenvalue weighted by Gasteiger charge is 2.30. The molecule has 0 aliphatic heterocycles. The summed E-state index contributed by atoms with van der Waals surface area (Å²) >= 11 is 0. The van der Waals surface area contributed by atoms with Gasteiger partial charge >= 0.3 is 0 Å². The molecule has 1 heterocycles. The Morgan fingerprint density at radius 1 is 1.07 bits per heavy atom. The number of anilines is 2. The van der Waals surface area contributed by atoms with Crippen molar-refractivity contribution in [3.8, 4) is 28.4 Å². The van der Waals surface area contributed by atoms with Crippen LogP contribution in [0.4, 0.5) is 11.6 Å². The number of rotatable bonds is 11. The van der Waals surface area contributed by atoms with Gasteiger partial charge in [-0.25, -0.2) is 0 Å². The lowest BCUT2D eigenvalue weighted by Crippen LogP contribution is -2.41. The highest BCUT2D eigenvalue weighted by Crippen LogP contribution is 2.50. The molecule has 0 fully saturated rings. The smallest absolute Gasteiger partial charge is 0.249 e. The first-order chi connectivity index (χ1) is 21.0. The molecule has 0 radical (unpaired) electrons. The van der Waals surface area contributed by atoms with Crippen LogP contribution in [-0.2, 0) is 16.0 Å². The fourth-order valence-corrected chi connectivity index (χ4v) is 5.47. The van der Waals surface area contributed by atoms with Gasteiger partial charge in [0.15, 0.2) is 11.5 Å². The molecule has 1 aliphatic carbocycles. The van der Waals surface area contributed by atoms with Crippen LogP contribution >= 0.6 is 0 Å². The number of nitrogens with one attached hydrogen (secondary N) is 4. The zero-order valence-electron chi connectivity index (χ0n) is 26.6. The molecular weight excluding hydrogens is 564 g/mol. The molecule has 1 aliphatic rings. The van der Waals surface area contributed by atoms with Crippen LogP contribution in [-0.4, -0.2) is 54.4 Å². The van der Waals surface area contributed by atoms with Gasteiger partial charge in [-0.3, -0.25) is 24.8 Å². The minimum absolute atomic E-state index is 0.116. The summed E-state index contributed by atoms with van der Waals surface area (Å²) in [6.07, 6.45) is 1.80. The second kappa shape index (κ2) is 13.8. The summed E-state index contributed by atoms with van der Waals surface area (Å²) in [6, 6.07) is 5.72. The second-order valence-electron chi connectivity index (χ2n) is 11.3. The molecule has 0 saturated heterocycles. The first-order valence-electron chi connectivity index (χ1n) is 14.8. The van der Waals surface area contributed by atoms with E-state index in [0.29, 0.717) is 53.5 Å². The zero-order valence-corrected chi connectivity index (χ0v) is 26.6. The van der Waals surface area contributed by atoms with Gasteiger partial charge in [0, 0.05) is 18.4 Å². The Kier molecular flexibility index (Phi) is 10.1. The SMILES string of the molecule is CC[C@@H](C)[C@H](Nc1ccc2c(cc1=O)[C@@H](NC(C)=O)CCc1cc(OC)c(OC)c(OC)c1-2)C(=O)Nc1n[nH]c(C(C)C)n1. The molecular formula is C32H42N6O6. The molecule has 1 aromatic heterocycles. The van der Waals surface area contributed by atoms with Gasteiger partial charge < -0.3 is 24.8 Å². The monoisotopic (exact) mass is 606 g/mol. The largest absolute Gasteiger partial charge is 0.493 e. The predicted octanol–water partition coefficient (Wildman–Crippen LogP) is 4.57. The van der Waals surface area contributed by atoms with Crippen molar-refractivity contribution in [3.63, 3.8) is 0 Å². The van der Waals surface area contributed by atoms with Crippen molar-refractivity contribution in [1.82, 2.24) is 20.5 Å². The number of aromatic nitrogens is 3. The number of hydrogen-bond acceptors (Lipinski definition) is 9. The molecule has 0 bridgehead atoms. The molecule has 2 amide bonds. The molecule has 0 saturated carbocycles. The minimum atomic E-state index is -0.756. The summed E-state index contributed by atoms with van der Waals surface area (Å²) in [5, 5.41) is 15.9. The van der Waals surface area contributed by atoms with Gasteiger partial charge in [0.05, 0.1) is 33.1 Å². The number of ether oxygens (including phenoxy) is 3. The van der Waals surface area contributed by atoms with Gasteiger partial charge in [0.2, 0.25) is 28.9 Å². The van der Waals surface area contributed by atoms with Crippen molar-refractivity contribution in [3.05, 3.63) is 51.4 Å². The van der Waals surface area contributed by atoms with Crippen LogP contribution < -0.4 is 35.6 Å². The Labute approximate surface area is 257 Å². The number of methoxy groups -OCH3 is 3. The van der Waals surface area contributed by atoms with Crippen molar-refractivity contribution in [2.24, 2.45) is 5.92 Å². The molecule has 0 unspecified atom stereocenters. The van der Waals surface area contributed by atoms with E-state index in [4.69, 9.17) is 14.2 Å². The van der Waals surface area contributed by atoms with Crippen LogP contribution in [0.15, 0.2) is 29.1 Å². The maximum absolute atomic E-state index is 13.8. The van der Waals surface area contributed by atoms with Crippen molar-refractivity contribution >= 4 is 23.5 Å². The van der Waals surface area contributed by atoms with Crippen LogP contribution in [0.1, 0.15) is 76.4 Å². The van der Waals surface area contributed by atoms with E-state index in [1.54, 1.807) is 20.3 Å². The number of fused-ring (bicyclic) bond motifs is 3. The third kappa shape index (κ3) is 6.63. The molecule has 12 heteroatoms. The Hall–Kier alpha value is -4.61. The van der Waals surface area contributed by atoms with Crippen LogP contribution in [0, 0.1) is 5.92 Å². The maximum atomic E-state index is 13.8. The topological polar surface area (TPSA) is 157 Å². The Bertz CT molecular complexity index is 1590. The first-order valence-corrected chi connectivity index (χ1v) is 14.8. The third-order valence-corrected chi connectivity index (χ3v) is 8.01. The zero-order chi connectivity index (χ0) is 32.1. The standard InChI is InChI=1S/C32H42N6O6/c1-9-17(4)27(31(41)36-32-35-30(16(2)3)37-38-32)34-23-13-11-20-21(15-24(23)40)22(33-18(5)39)12-10-19-14-25(42-6)28(43-7)29(44-8)26(19)20/h11,13-17,22,27H,9-10,12H2,1-8H3,(H,33,39)(H,34,40)(H2,35,36,37,38,41)/t17-,22+,27+/m1/s1. The van der Waals surface area contributed by atoms with E-state index in [9.17, 15) is 14.4 Å². The number of hydrogen-bond donors (Lipinski definition) is 4. The molecule has 12 nitrogen and oxygen atoms in total. The first kappa shape index (κ1) is 32.3. The van der Waals surface area contributed by atoms with E-state index >= 15 is 0 Å². The van der Waals surface area contributed by atoms with Crippen molar-refractivity contribution < 1.29 is 23.8 Å². The van der Waals surface area contributed by atoms with Crippen molar-refractivity contribution in [1.29, 1.82) is 0 Å². The summed E-state index contributed by atoms with van der Waals surface area (Å²) in [6.45, 7) is 9.31. The number of H-pyrrole nitrogens is 1. The van der Waals surface area contributed by atoms with Gasteiger partial charge in [-0.15, -0.1) is 5.10 Å². The second-order valence-corrected chi connectivity index (χ2v) is 11.3. The molecule has 0 spiro atoms. The molecule has 3 aromatic rings. The van der Waals surface area contributed by atoms with Crippen LogP contribution in [0.2, 0.25) is 0 Å². The molecule has 236 valence electrons. The van der Waals surface area contributed by atoms with Gasteiger partial charge in [0.25, 0.3) is 0 Å². The number of nitrogens with zero attached hydrogens (tertiary/aromatic N) is 2. The highest BCUT2D eigenvalue weighted by atomic mass is 16.5. The van der Waals surface area contributed by atoms with Crippen molar-refractivity contribution in [2.75, 3.05) is 32.0 Å². The van der Waals surface area contributed by atoms with Gasteiger partial charge in [0.1, 0.15) is 11.9 Å². The predicted molar refractivity (Wildman–Crippen MR) is 169 cm³/mol. The average Bonchev–Trinajstić information content (AvgIpc) is 3.35. The van der Waals surface area contributed by atoms with Crippen LogP contribution in [0.25, 0.3) is 11.1 Å². The fourth-order valence-electron chi connectivity index (χ4n) is 5.47. The minimum Gasteiger partial charge on any atom is -0.493 e.